The molecule has 1 aliphatic heterocycles. The van der Waals surface area contributed by atoms with Crippen LogP contribution in [0.4, 0.5) is 0 Å². The highest BCUT2D eigenvalue weighted by Crippen LogP contribution is 2.28. The summed E-state index contributed by atoms with van der Waals surface area (Å²) in [7, 11) is -3.71. The molecule has 1 fully saturated rings. The van der Waals surface area contributed by atoms with Gasteiger partial charge in [-0.15, -0.1) is 0 Å². The van der Waals surface area contributed by atoms with E-state index in [4.69, 9.17) is 0 Å². The number of aromatic carboxylic acids is 1. The Hall–Kier alpha value is -2.97. The van der Waals surface area contributed by atoms with Crippen LogP contribution in [0, 0.1) is 0 Å². The zero-order valence-corrected chi connectivity index (χ0v) is 15.8. The van der Waals surface area contributed by atoms with Crippen molar-refractivity contribution in [2.45, 2.75) is 17.7 Å². The molecule has 8 heteroatoms. The fraction of sp³-hybridized carbons (Fsp3) is 0.200. The number of rotatable bonds is 5. The Morgan fingerprint density at radius 3 is 2.32 bits per heavy atom. The Balaban J connectivity index is 1.76. The monoisotopic (exact) mass is 397 g/mol. The minimum Gasteiger partial charge on any atom is -0.478 e. The molecule has 7 nitrogen and oxygen atoms in total. The Labute approximate surface area is 162 Å². The second-order valence-electron chi connectivity index (χ2n) is 6.66. The number of sulfonamides is 1. The summed E-state index contributed by atoms with van der Waals surface area (Å²) in [6.07, 6.45) is 5.14. The van der Waals surface area contributed by atoms with E-state index < -0.39 is 16.0 Å². The number of benzene rings is 2. The van der Waals surface area contributed by atoms with Gasteiger partial charge in [0.15, 0.2) is 0 Å². The van der Waals surface area contributed by atoms with Crippen LogP contribution in [0.15, 0.2) is 65.8 Å². The van der Waals surface area contributed by atoms with Gasteiger partial charge in [-0.2, -0.15) is 9.40 Å². The Morgan fingerprint density at radius 2 is 1.71 bits per heavy atom. The number of carboxylic acid groups (broad SMARTS) is 1. The van der Waals surface area contributed by atoms with Crippen LogP contribution in [-0.2, 0) is 10.0 Å². The summed E-state index contributed by atoms with van der Waals surface area (Å²) in [4.78, 5) is 11.6. The number of carboxylic acids is 1. The molecular weight excluding hydrogens is 378 g/mol. The highest BCUT2D eigenvalue weighted by atomic mass is 32.2. The van der Waals surface area contributed by atoms with E-state index >= 15 is 0 Å². The van der Waals surface area contributed by atoms with Gasteiger partial charge in [0.05, 0.1) is 16.1 Å². The van der Waals surface area contributed by atoms with E-state index in [1.165, 1.54) is 16.4 Å². The normalized spacial score (nSPS) is 15.0. The minimum atomic E-state index is -3.71. The molecule has 0 atom stereocenters. The minimum absolute atomic E-state index is 0.0143. The summed E-state index contributed by atoms with van der Waals surface area (Å²) in [5.41, 5.74) is 2.08. The Morgan fingerprint density at radius 1 is 1.00 bits per heavy atom. The third kappa shape index (κ3) is 3.44. The predicted octanol–water partition coefficient (Wildman–Crippen LogP) is 3.02. The van der Waals surface area contributed by atoms with E-state index in [-0.39, 0.29) is 10.5 Å². The van der Waals surface area contributed by atoms with Gasteiger partial charge in [0, 0.05) is 25.5 Å². The van der Waals surface area contributed by atoms with Crippen molar-refractivity contribution in [2.75, 3.05) is 13.1 Å². The molecule has 0 spiro atoms. The van der Waals surface area contributed by atoms with E-state index in [0.29, 0.717) is 18.7 Å². The lowest BCUT2D eigenvalue weighted by Crippen LogP contribution is -2.28. The van der Waals surface area contributed by atoms with Crippen LogP contribution >= 0.6 is 0 Å². The predicted molar refractivity (Wildman–Crippen MR) is 104 cm³/mol. The van der Waals surface area contributed by atoms with Gasteiger partial charge in [0.2, 0.25) is 10.0 Å². The maximum absolute atomic E-state index is 12.9. The molecule has 1 saturated heterocycles. The van der Waals surface area contributed by atoms with E-state index in [2.05, 4.69) is 5.10 Å². The first kappa shape index (κ1) is 18.4. The van der Waals surface area contributed by atoms with Gasteiger partial charge in [-0.25, -0.2) is 17.9 Å². The molecule has 0 saturated carbocycles. The van der Waals surface area contributed by atoms with E-state index in [1.54, 1.807) is 16.9 Å². The van der Waals surface area contributed by atoms with Crippen LogP contribution in [0.3, 0.4) is 0 Å². The smallest absolute Gasteiger partial charge is 0.335 e. The highest BCUT2D eigenvalue weighted by molar-refractivity contribution is 7.89. The summed E-state index contributed by atoms with van der Waals surface area (Å²) >= 11 is 0. The third-order valence-electron chi connectivity index (χ3n) is 4.83. The van der Waals surface area contributed by atoms with Gasteiger partial charge < -0.3 is 5.11 Å². The van der Waals surface area contributed by atoms with Gasteiger partial charge in [0.25, 0.3) is 0 Å². The van der Waals surface area contributed by atoms with Crippen LogP contribution in [0.25, 0.3) is 16.8 Å². The van der Waals surface area contributed by atoms with Crippen molar-refractivity contribution in [3.05, 3.63) is 66.5 Å². The molecule has 1 aromatic heterocycles. The van der Waals surface area contributed by atoms with Crippen LogP contribution < -0.4 is 0 Å². The lowest BCUT2D eigenvalue weighted by molar-refractivity contribution is 0.0696. The first-order valence-corrected chi connectivity index (χ1v) is 10.4. The second-order valence-corrected chi connectivity index (χ2v) is 8.60. The molecule has 0 aliphatic carbocycles. The van der Waals surface area contributed by atoms with Gasteiger partial charge in [-0.1, -0.05) is 12.1 Å². The quantitative estimate of drug-likeness (QED) is 0.714. The molecule has 3 aromatic rings. The molecule has 0 radical (unpaired) electrons. The number of carbonyl (C=O) groups is 1. The van der Waals surface area contributed by atoms with Crippen molar-refractivity contribution in [3.63, 3.8) is 0 Å². The van der Waals surface area contributed by atoms with E-state index in [1.807, 2.05) is 36.5 Å². The van der Waals surface area contributed by atoms with Gasteiger partial charge in [0.1, 0.15) is 0 Å². The molecule has 4 rings (SSSR count). The second kappa shape index (κ2) is 7.21. The summed E-state index contributed by atoms with van der Waals surface area (Å²) in [6, 6.07) is 13.4. The van der Waals surface area contributed by atoms with E-state index in [0.717, 1.165) is 24.1 Å². The molecule has 144 valence electrons. The molecular formula is C20H19N3O4S. The first-order chi connectivity index (χ1) is 13.4. The van der Waals surface area contributed by atoms with Crippen molar-refractivity contribution in [3.8, 4) is 16.8 Å². The summed E-state index contributed by atoms with van der Waals surface area (Å²) in [6.45, 7) is 0.932. The van der Waals surface area contributed by atoms with Crippen molar-refractivity contribution in [1.82, 2.24) is 14.1 Å². The van der Waals surface area contributed by atoms with Crippen LogP contribution in [-0.4, -0.2) is 46.7 Å². The average molecular weight is 397 g/mol. The lowest BCUT2D eigenvalue weighted by Gasteiger charge is -2.17. The summed E-state index contributed by atoms with van der Waals surface area (Å²) < 4.78 is 29.0. The molecule has 0 unspecified atom stereocenters. The Kier molecular flexibility index (Phi) is 4.74. The lowest BCUT2D eigenvalue weighted by atomic mass is 10.0. The largest absolute Gasteiger partial charge is 0.478 e. The number of hydrogen-bond acceptors (Lipinski definition) is 4. The van der Waals surface area contributed by atoms with Crippen LogP contribution in [0.5, 0.6) is 0 Å². The maximum atomic E-state index is 12.9. The van der Waals surface area contributed by atoms with Crippen LogP contribution in [0.1, 0.15) is 23.2 Å². The molecule has 2 heterocycles. The zero-order valence-electron chi connectivity index (χ0n) is 15.0. The summed E-state index contributed by atoms with van der Waals surface area (Å²) in [5, 5.41) is 13.6. The van der Waals surface area contributed by atoms with Crippen LogP contribution in [0.2, 0.25) is 0 Å². The maximum Gasteiger partial charge on any atom is 0.335 e. The standard InChI is InChI=1S/C20H19N3O4S/c24-20(25)17-12-16(13-19(14-17)28(26,27)22-9-1-2-10-22)15-4-6-18(7-5-15)23-11-3-8-21-23/h3-8,11-14H,1-2,9-10H2,(H,24,25). The molecule has 1 aliphatic rings. The molecule has 28 heavy (non-hydrogen) atoms. The Bertz CT molecular complexity index is 1100. The van der Waals surface area contributed by atoms with Gasteiger partial charge >= 0.3 is 5.97 Å². The van der Waals surface area contributed by atoms with Crippen molar-refractivity contribution in [1.29, 1.82) is 0 Å². The topological polar surface area (TPSA) is 92.5 Å². The fourth-order valence-electron chi connectivity index (χ4n) is 3.34. The van der Waals surface area contributed by atoms with Crippen molar-refractivity contribution in [2.24, 2.45) is 0 Å². The SMILES string of the molecule is O=C(O)c1cc(-c2ccc(-n3cccn3)cc2)cc(S(=O)(=O)N2CCCC2)c1. The van der Waals surface area contributed by atoms with E-state index in [9.17, 15) is 18.3 Å². The molecule has 0 amide bonds. The zero-order chi connectivity index (χ0) is 19.7. The van der Waals surface area contributed by atoms with Crippen molar-refractivity contribution < 1.29 is 18.3 Å². The summed E-state index contributed by atoms with van der Waals surface area (Å²) in [5.74, 6) is -1.16. The molecule has 1 N–H and O–H groups in total. The van der Waals surface area contributed by atoms with Gasteiger partial charge in [-0.3, -0.25) is 0 Å². The average Bonchev–Trinajstić information content (AvgIpc) is 3.42. The first-order valence-electron chi connectivity index (χ1n) is 8.94. The number of aromatic nitrogens is 2. The number of nitrogens with zero attached hydrogens (tertiary/aromatic N) is 3. The fourth-order valence-corrected chi connectivity index (χ4v) is 4.93. The highest BCUT2D eigenvalue weighted by Gasteiger charge is 2.28. The number of hydrogen-bond donors (Lipinski definition) is 1. The molecule has 2 aromatic carbocycles. The van der Waals surface area contributed by atoms with Gasteiger partial charge in [-0.05, 0) is 60.4 Å². The molecule has 0 bridgehead atoms. The van der Waals surface area contributed by atoms with Crippen molar-refractivity contribution >= 4 is 16.0 Å². The third-order valence-corrected chi connectivity index (χ3v) is 6.70.